The maximum Gasteiger partial charge on any atom is 0.131 e. The highest BCUT2D eigenvalue weighted by Gasteiger charge is 2.19. The zero-order valence-electron chi connectivity index (χ0n) is 15.4. The van der Waals surface area contributed by atoms with E-state index in [1.807, 2.05) is 19.1 Å². The molecule has 0 spiro atoms. The zero-order valence-corrected chi connectivity index (χ0v) is 15.4. The van der Waals surface area contributed by atoms with Gasteiger partial charge in [0, 0.05) is 16.7 Å². The van der Waals surface area contributed by atoms with Crippen molar-refractivity contribution in [3.8, 4) is 22.6 Å². The van der Waals surface area contributed by atoms with Crippen LogP contribution in [0.4, 0.5) is 4.39 Å². The fourth-order valence-corrected chi connectivity index (χ4v) is 2.97. The minimum Gasteiger partial charge on any atom is -0.496 e. The maximum atomic E-state index is 13.9. The highest BCUT2D eigenvalue weighted by molar-refractivity contribution is 6.02. The standard InChI is InChI=1S/C20H24FNO3/c1-6-7-17-16(18-12-14(21)8-11-19(18)23-3)10-9-15(20(17)24-4)13(2)22-25-5/h8-12H,6-7H2,1-5H3. The van der Waals surface area contributed by atoms with E-state index in [1.54, 1.807) is 20.3 Å². The molecule has 0 fully saturated rings. The number of ether oxygens (including phenoxy) is 2. The van der Waals surface area contributed by atoms with E-state index in [0.29, 0.717) is 11.3 Å². The second kappa shape index (κ2) is 8.51. The molecule has 2 aromatic carbocycles. The second-order valence-corrected chi connectivity index (χ2v) is 5.63. The van der Waals surface area contributed by atoms with Crippen LogP contribution in [0.2, 0.25) is 0 Å². The predicted octanol–water partition coefficient (Wildman–Crippen LogP) is 4.83. The molecule has 0 bridgehead atoms. The van der Waals surface area contributed by atoms with Gasteiger partial charge >= 0.3 is 0 Å². The summed E-state index contributed by atoms with van der Waals surface area (Å²) in [4.78, 5) is 4.89. The first-order chi connectivity index (χ1) is 12.1. The monoisotopic (exact) mass is 345 g/mol. The van der Waals surface area contributed by atoms with Crippen LogP contribution < -0.4 is 9.47 Å². The van der Waals surface area contributed by atoms with E-state index in [4.69, 9.17) is 14.3 Å². The normalized spacial score (nSPS) is 11.4. The van der Waals surface area contributed by atoms with Gasteiger partial charge in [-0.1, -0.05) is 24.6 Å². The van der Waals surface area contributed by atoms with E-state index in [0.717, 1.165) is 41.0 Å². The van der Waals surface area contributed by atoms with Gasteiger partial charge < -0.3 is 14.3 Å². The first kappa shape index (κ1) is 18.8. The van der Waals surface area contributed by atoms with Crippen molar-refractivity contribution in [2.75, 3.05) is 21.3 Å². The quantitative estimate of drug-likeness (QED) is 0.533. The van der Waals surface area contributed by atoms with Gasteiger partial charge in [-0.05, 0) is 43.2 Å². The fourth-order valence-electron chi connectivity index (χ4n) is 2.97. The summed E-state index contributed by atoms with van der Waals surface area (Å²) in [6, 6.07) is 8.38. The van der Waals surface area contributed by atoms with Gasteiger partial charge in [-0.2, -0.15) is 0 Å². The molecule has 0 amide bonds. The van der Waals surface area contributed by atoms with Crippen LogP contribution in [0.3, 0.4) is 0 Å². The molecule has 2 rings (SSSR count). The molecule has 0 N–H and O–H groups in total. The topological polar surface area (TPSA) is 40.0 Å². The Bertz CT molecular complexity index is 772. The highest BCUT2D eigenvalue weighted by atomic mass is 19.1. The number of nitrogens with zero attached hydrogens (tertiary/aromatic N) is 1. The molecule has 0 heterocycles. The van der Waals surface area contributed by atoms with E-state index < -0.39 is 0 Å². The van der Waals surface area contributed by atoms with Gasteiger partial charge in [0.2, 0.25) is 0 Å². The Morgan fingerprint density at radius 3 is 2.40 bits per heavy atom. The number of hydrogen-bond acceptors (Lipinski definition) is 4. The Morgan fingerprint density at radius 2 is 1.80 bits per heavy atom. The lowest BCUT2D eigenvalue weighted by molar-refractivity contribution is 0.213. The van der Waals surface area contributed by atoms with Crippen LogP contribution in [0.1, 0.15) is 31.4 Å². The van der Waals surface area contributed by atoms with Crippen molar-refractivity contribution in [3.63, 3.8) is 0 Å². The largest absolute Gasteiger partial charge is 0.496 e. The van der Waals surface area contributed by atoms with Crippen molar-refractivity contribution in [3.05, 3.63) is 47.3 Å². The van der Waals surface area contributed by atoms with Crippen LogP contribution in [0.5, 0.6) is 11.5 Å². The molecule has 0 saturated carbocycles. The van der Waals surface area contributed by atoms with Crippen molar-refractivity contribution < 1.29 is 18.7 Å². The molecule has 0 aliphatic rings. The molecule has 0 unspecified atom stereocenters. The van der Waals surface area contributed by atoms with Crippen molar-refractivity contribution >= 4 is 5.71 Å². The van der Waals surface area contributed by atoms with Gasteiger partial charge in [0.1, 0.15) is 24.4 Å². The fraction of sp³-hybridized carbons (Fsp3) is 0.350. The van der Waals surface area contributed by atoms with Crippen LogP contribution in [-0.4, -0.2) is 27.0 Å². The molecular formula is C20H24FNO3. The first-order valence-electron chi connectivity index (χ1n) is 8.19. The van der Waals surface area contributed by atoms with Gasteiger partial charge in [0.15, 0.2) is 0 Å². The molecule has 25 heavy (non-hydrogen) atoms. The van der Waals surface area contributed by atoms with Crippen LogP contribution in [0, 0.1) is 5.82 Å². The Morgan fingerprint density at radius 1 is 1.04 bits per heavy atom. The lowest BCUT2D eigenvalue weighted by atomic mass is 9.92. The zero-order chi connectivity index (χ0) is 18.4. The van der Waals surface area contributed by atoms with Crippen LogP contribution in [0.15, 0.2) is 35.5 Å². The number of hydrogen-bond donors (Lipinski definition) is 0. The lowest BCUT2D eigenvalue weighted by Crippen LogP contribution is -2.05. The summed E-state index contributed by atoms with van der Waals surface area (Å²) in [7, 11) is 4.72. The van der Waals surface area contributed by atoms with Crippen LogP contribution >= 0.6 is 0 Å². The van der Waals surface area contributed by atoms with E-state index in [9.17, 15) is 4.39 Å². The molecule has 4 nitrogen and oxygen atoms in total. The minimum atomic E-state index is -0.307. The van der Waals surface area contributed by atoms with E-state index in [-0.39, 0.29) is 5.82 Å². The summed E-state index contributed by atoms with van der Waals surface area (Å²) in [5, 5.41) is 4.01. The summed E-state index contributed by atoms with van der Waals surface area (Å²) in [5.74, 6) is 1.04. The summed E-state index contributed by atoms with van der Waals surface area (Å²) >= 11 is 0. The summed E-state index contributed by atoms with van der Waals surface area (Å²) < 4.78 is 25.0. The highest BCUT2D eigenvalue weighted by Crippen LogP contribution is 2.39. The molecular weight excluding hydrogens is 321 g/mol. The first-order valence-corrected chi connectivity index (χ1v) is 8.19. The molecule has 0 aliphatic carbocycles. The average Bonchev–Trinajstić information content (AvgIpc) is 2.61. The van der Waals surface area contributed by atoms with Crippen molar-refractivity contribution in [1.29, 1.82) is 0 Å². The summed E-state index contributed by atoms with van der Waals surface area (Å²) in [6.45, 7) is 3.95. The van der Waals surface area contributed by atoms with Crippen molar-refractivity contribution in [1.82, 2.24) is 0 Å². The Balaban J connectivity index is 2.75. The van der Waals surface area contributed by atoms with Crippen LogP contribution in [-0.2, 0) is 11.3 Å². The summed E-state index contributed by atoms with van der Waals surface area (Å²) in [5.41, 5.74) is 4.17. The van der Waals surface area contributed by atoms with Gasteiger partial charge in [0.25, 0.3) is 0 Å². The van der Waals surface area contributed by atoms with E-state index in [1.165, 1.54) is 19.2 Å². The van der Waals surface area contributed by atoms with Gasteiger partial charge in [-0.3, -0.25) is 0 Å². The van der Waals surface area contributed by atoms with Crippen LogP contribution in [0.25, 0.3) is 11.1 Å². The Labute approximate surface area is 148 Å². The second-order valence-electron chi connectivity index (χ2n) is 5.63. The van der Waals surface area contributed by atoms with Gasteiger partial charge in [-0.25, -0.2) is 4.39 Å². The molecule has 0 saturated heterocycles. The van der Waals surface area contributed by atoms with Gasteiger partial charge in [-0.15, -0.1) is 0 Å². The number of methoxy groups -OCH3 is 2. The van der Waals surface area contributed by atoms with Crippen molar-refractivity contribution in [2.24, 2.45) is 5.16 Å². The van der Waals surface area contributed by atoms with E-state index >= 15 is 0 Å². The Hall–Kier alpha value is -2.56. The third-order valence-electron chi connectivity index (χ3n) is 4.03. The van der Waals surface area contributed by atoms with Gasteiger partial charge in [0.05, 0.1) is 19.9 Å². The molecule has 0 radical (unpaired) electrons. The third kappa shape index (κ3) is 3.92. The molecule has 0 atom stereocenters. The summed E-state index contributed by atoms with van der Waals surface area (Å²) in [6.07, 6.45) is 1.71. The smallest absolute Gasteiger partial charge is 0.131 e. The molecule has 0 aromatic heterocycles. The third-order valence-corrected chi connectivity index (χ3v) is 4.03. The molecule has 0 aliphatic heterocycles. The molecule has 5 heteroatoms. The van der Waals surface area contributed by atoms with Crippen molar-refractivity contribution in [2.45, 2.75) is 26.7 Å². The SMILES string of the molecule is CCCc1c(-c2cc(F)ccc2OC)ccc(C(C)=NOC)c1OC. The number of oxime groups is 1. The molecule has 2 aromatic rings. The maximum absolute atomic E-state index is 13.9. The minimum absolute atomic E-state index is 0.307. The number of benzene rings is 2. The number of halogens is 1. The Kier molecular flexibility index (Phi) is 6.39. The average molecular weight is 345 g/mol. The molecule has 134 valence electrons. The predicted molar refractivity (Wildman–Crippen MR) is 98.2 cm³/mol. The van der Waals surface area contributed by atoms with E-state index in [2.05, 4.69) is 12.1 Å². The lowest BCUT2D eigenvalue weighted by Gasteiger charge is -2.19. The number of rotatable bonds is 7.